The van der Waals surface area contributed by atoms with Gasteiger partial charge in [0.15, 0.2) is 0 Å². The van der Waals surface area contributed by atoms with Crippen LogP contribution >= 0.6 is 11.3 Å². The smallest absolute Gasteiger partial charge is 0.263 e. The van der Waals surface area contributed by atoms with Crippen LogP contribution in [-0.4, -0.2) is 79.3 Å². The molecular formula is C27H34N6O4S. The van der Waals surface area contributed by atoms with Gasteiger partial charge in [-0.05, 0) is 63.4 Å². The van der Waals surface area contributed by atoms with Gasteiger partial charge in [0.2, 0.25) is 0 Å². The number of hydrogen-bond acceptors (Lipinski definition) is 8. The average molecular weight is 539 g/mol. The van der Waals surface area contributed by atoms with Crippen LogP contribution in [-0.2, 0) is 4.79 Å². The number of thiazole rings is 1. The lowest BCUT2D eigenvalue weighted by atomic mass is 9.93. The van der Waals surface area contributed by atoms with Crippen molar-refractivity contribution < 1.29 is 19.8 Å². The van der Waals surface area contributed by atoms with E-state index in [1.54, 1.807) is 17.3 Å². The highest BCUT2D eigenvalue weighted by Gasteiger charge is 2.43. The third-order valence-corrected chi connectivity index (χ3v) is 9.33. The Morgan fingerprint density at radius 1 is 1.13 bits per heavy atom. The molecule has 3 aromatic heterocycles. The fraction of sp³-hybridized carbons (Fsp3) is 0.556. The summed E-state index contributed by atoms with van der Waals surface area (Å²) in [6.07, 6.45) is 9.05. The summed E-state index contributed by atoms with van der Waals surface area (Å²) < 4.78 is 0. The molecule has 6 rings (SSSR count). The van der Waals surface area contributed by atoms with Crippen LogP contribution in [0.25, 0.3) is 21.6 Å². The molecule has 2 saturated carbocycles. The standard InChI is InChI=1S/C27H34N6O4S/c1-14(34)27(37)33-12-15-7-18(8-16(15)13-33)31-23-20-5-6-28-24(20)29-10-21(23)26-30-11-22(38-26)25(36)32-17-3-2-4-19(35)9-17/h5-6,10-11,14-19,34-35H,2-4,7-9,12-13H2,1H3,(H,32,36)(H2,28,29,31)/t14-,15-,16+,17?,18?,19?/m0/s1. The van der Waals surface area contributed by atoms with Crippen molar-refractivity contribution in [1.82, 2.24) is 25.2 Å². The second-order valence-corrected chi connectivity index (χ2v) is 12.1. The summed E-state index contributed by atoms with van der Waals surface area (Å²) in [5.41, 5.74) is 2.60. The molecule has 3 aliphatic rings. The van der Waals surface area contributed by atoms with Gasteiger partial charge in [0.1, 0.15) is 21.6 Å². The van der Waals surface area contributed by atoms with Crippen molar-refractivity contribution in [3.05, 3.63) is 29.5 Å². The number of nitrogens with zero attached hydrogens (tertiary/aromatic N) is 3. The molecule has 0 aromatic carbocycles. The highest BCUT2D eigenvalue weighted by atomic mass is 32.1. The molecule has 3 unspecified atom stereocenters. The number of nitrogens with one attached hydrogen (secondary N) is 3. The Labute approximate surface area is 224 Å². The summed E-state index contributed by atoms with van der Waals surface area (Å²) in [4.78, 5) is 39.9. The summed E-state index contributed by atoms with van der Waals surface area (Å²) >= 11 is 1.35. The number of hydrogen-bond donors (Lipinski definition) is 5. The van der Waals surface area contributed by atoms with Crippen molar-refractivity contribution in [3.8, 4) is 10.6 Å². The van der Waals surface area contributed by atoms with Crippen molar-refractivity contribution >= 4 is 39.9 Å². The predicted molar refractivity (Wildman–Crippen MR) is 145 cm³/mol. The Morgan fingerprint density at radius 2 is 1.92 bits per heavy atom. The largest absolute Gasteiger partial charge is 0.393 e. The lowest BCUT2D eigenvalue weighted by Gasteiger charge is -2.26. The number of carbonyl (C=O) groups is 2. The molecule has 2 amide bonds. The summed E-state index contributed by atoms with van der Waals surface area (Å²) in [5.74, 6) is 0.488. The van der Waals surface area contributed by atoms with E-state index in [-0.39, 0.29) is 30.0 Å². The van der Waals surface area contributed by atoms with Gasteiger partial charge < -0.3 is 30.7 Å². The van der Waals surface area contributed by atoms with E-state index in [1.165, 1.54) is 18.3 Å². The Hall–Kier alpha value is -3.02. The average Bonchev–Trinajstić information content (AvgIpc) is 3.67. The number of aromatic amines is 1. The number of rotatable bonds is 6. The maximum absolute atomic E-state index is 12.9. The highest BCUT2D eigenvalue weighted by molar-refractivity contribution is 7.17. The van der Waals surface area contributed by atoms with Crippen molar-refractivity contribution in [2.24, 2.45) is 11.8 Å². The van der Waals surface area contributed by atoms with E-state index < -0.39 is 6.10 Å². The van der Waals surface area contributed by atoms with Crippen LogP contribution in [0.4, 0.5) is 5.69 Å². The van der Waals surface area contributed by atoms with Gasteiger partial charge in [-0.3, -0.25) is 9.59 Å². The number of anilines is 1. The van der Waals surface area contributed by atoms with Gasteiger partial charge in [-0.2, -0.15) is 0 Å². The van der Waals surface area contributed by atoms with Crippen LogP contribution in [0.5, 0.6) is 0 Å². The summed E-state index contributed by atoms with van der Waals surface area (Å²) in [6, 6.07) is 2.23. The minimum absolute atomic E-state index is 0.0134. The van der Waals surface area contributed by atoms with Gasteiger partial charge in [0.25, 0.3) is 11.8 Å². The SMILES string of the molecule is C[C@H](O)C(=O)N1C[C@H]2CC(Nc3c(-c4ncc(C(=O)NC5CCCC(O)C5)s4)cnc4[nH]ccc34)C[C@H]2C1. The van der Waals surface area contributed by atoms with Gasteiger partial charge in [0, 0.05) is 43.0 Å². The zero-order valence-electron chi connectivity index (χ0n) is 21.4. The molecule has 3 fully saturated rings. The first kappa shape index (κ1) is 25.3. The van der Waals surface area contributed by atoms with Crippen molar-refractivity contribution in [1.29, 1.82) is 0 Å². The van der Waals surface area contributed by atoms with E-state index in [4.69, 9.17) is 0 Å². The van der Waals surface area contributed by atoms with E-state index in [1.807, 2.05) is 12.3 Å². The number of H-pyrrole nitrogens is 1. The van der Waals surface area contributed by atoms with Gasteiger partial charge >= 0.3 is 0 Å². The molecule has 4 heterocycles. The lowest BCUT2D eigenvalue weighted by molar-refractivity contribution is -0.138. The second kappa shape index (κ2) is 10.3. The predicted octanol–water partition coefficient (Wildman–Crippen LogP) is 2.75. The normalized spacial score (nSPS) is 27.9. The van der Waals surface area contributed by atoms with E-state index in [2.05, 4.69) is 25.6 Å². The number of aromatic nitrogens is 3. The van der Waals surface area contributed by atoms with Crippen molar-refractivity contribution in [3.63, 3.8) is 0 Å². The maximum atomic E-state index is 12.9. The van der Waals surface area contributed by atoms with Crippen LogP contribution in [0.3, 0.4) is 0 Å². The van der Waals surface area contributed by atoms with Gasteiger partial charge in [-0.1, -0.05) is 0 Å². The van der Waals surface area contributed by atoms with Crippen LogP contribution in [0.1, 0.15) is 55.1 Å². The molecule has 6 atom stereocenters. The molecule has 5 N–H and O–H groups in total. The van der Waals surface area contributed by atoms with E-state index in [0.29, 0.717) is 36.2 Å². The van der Waals surface area contributed by atoms with Crippen molar-refractivity contribution in [2.75, 3.05) is 18.4 Å². The number of aliphatic hydroxyl groups is 2. The minimum atomic E-state index is -0.955. The first-order valence-electron chi connectivity index (χ1n) is 13.5. The third kappa shape index (κ3) is 4.90. The summed E-state index contributed by atoms with van der Waals surface area (Å²) in [7, 11) is 0. The molecule has 0 radical (unpaired) electrons. The molecule has 0 spiro atoms. The van der Waals surface area contributed by atoms with E-state index >= 15 is 0 Å². The molecule has 1 saturated heterocycles. The quantitative estimate of drug-likeness (QED) is 0.325. The van der Waals surface area contributed by atoms with Crippen LogP contribution < -0.4 is 10.6 Å². The Balaban J connectivity index is 1.19. The molecular weight excluding hydrogens is 504 g/mol. The Morgan fingerprint density at radius 3 is 2.66 bits per heavy atom. The molecule has 202 valence electrons. The van der Waals surface area contributed by atoms with Crippen LogP contribution in [0, 0.1) is 11.8 Å². The highest BCUT2D eigenvalue weighted by Crippen LogP contribution is 2.42. The van der Waals surface area contributed by atoms with Crippen molar-refractivity contribution in [2.45, 2.75) is 69.7 Å². The fourth-order valence-corrected chi connectivity index (χ4v) is 7.28. The zero-order valence-corrected chi connectivity index (χ0v) is 22.2. The lowest BCUT2D eigenvalue weighted by Crippen LogP contribution is -2.39. The van der Waals surface area contributed by atoms with Gasteiger partial charge in [-0.15, -0.1) is 11.3 Å². The fourth-order valence-electron chi connectivity index (χ4n) is 6.45. The number of fused-ring (bicyclic) bond motifs is 2. The van der Waals surface area contributed by atoms with E-state index in [9.17, 15) is 19.8 Å². The molecule has 0 bridgehead atoms. The maximum Gasteiger partial charge on any atom is 0.263 e. The molecule has 38 heavy (non-hydrogen) atoms. The number of amides is 2. The first-order chi connectivity index (χ1) is 18.4. The molecule has 1 aliphatic heterocycles. The number of aliphatic hydroxyl groups excluding tert-OH is 2. The third-order valence-electron chi connectivity index (χ3n) is 8.30. The molecule has 11 heteroatoms. The minimum Gasteiger partial charge on any atom is -0.393 e. The van der Waals surface area contributed by atoms with Crippen LogP contribution in [0.15, 0.2) is 24.7 Å². The number of carbonyl (C=O) groups excluding carboxylic acids is 2. The van der Waals surface area contributed by atoms with Gasteiger partial charge in [-0.25, -0.2) is 9.97 Å². The topological polar surface area (TPSA) is 143 Å². The molecule has 3 aromatic rings. The Bertz CT molecular complexity index is 1320. The van der Waals surface area contributed by atoms with E-state index in [0.717, 1.165) is 59.4 Å². The summed E-state index contributed by atoms with van der Waals surface area (Å²) in [6.45, 7) is 2.92. The van der Waals surface area contributed by atoms with Crippen LogP contribution in [0.2, 0.25) is 0 Å². The zero-order chi connectivity index (χ0) is 26.4. The van der Waals surface area contributed by atoms with Gasteiger partial charge in [0.05, 0.1) is 23.6 Å². The molecule has 10 nitrogen and oxygen atoms in total. The number of pyridine rings is 1. The first-order valence-corrected chi connectivity index (χ1v) is 14.3. The number of likely N-dealkylation sites (tertiary alicyclic amines) is 1. The second-order valence-electron chi connectivity index (χ2n) is 11.1. The molecule has 2 aliphatic carbocycles. The monoisotopic (exact) mass is 538 g/mol. The summed E-state index contributed by atoms with van der Waals surface area (Å²) in [5, 5.41) is 28.2. The Kier molecular flexibility index (Phi) is 6.83.